The smallest absolute Gasteiger partial charge is 0.226 e. The summed E-state index contributed by atoms with van der Waals surface area (Å²) in [6.45, 7) is 3.25. The summed E-state index contributed by atoms with van der Waals surface area (Å²) in [7, 11) is 1.72. The van der Waals surface area contributed by atoms with Crippen molar-refractivity contribution in [2.75, 3.05) is 13.7 Å². The number of para-hydroxylation sites is 1. The van der Waals surface area contributed by atoms with E-state index in [2.05, 4.69) is 28.1 Å². The van der Waals surface area contributed by atoms with Gasteiger partial charge in [0.1, 0.15) is 11.8 Å². The minimum Gasteiger partial charge on any atom is -0.362 e. The van der Waals surface area contributed by atoms with Crippen LogP contribution < -0.4 is 5.32 Å². The Morgan fingerprint density at radius 1 is 1.21 bits per heavy atom. The number of amides is 2. The first-order valence-electron chi connectivity index (χ1n) is 12.1. The minimum absolute atomic E-state index is 0.0813. The Hall–Kier alpha value is -2.85. The number of nitrogens with zero attached hydrogens (tertiary/aromatic N) is 3. The second kappa shape index (κ2) is 8.49. The van der Waals surface area contributed by atoms with Crippen molar-refractivity contribution >= 4 is 22.7 Å². The summed E-state index contributed by atoms with van der Waals surface area (Å²) >= 11 is 0. The van der Waals surface area contributed by atoms with Crippen LogP contribution in [-0.4, -0.2) is 40.5 Å². The molecule has 7 heteroatoms. The van der Waals surface area contributed by atoms with Crippen LogP contribution >= 0.6 is 0 Å². The molecule has 174 valence electrons. The lowest BCUT2D eigenvalue weighted by molar-refractivity contribution is -0.144. The summed E-state index contributed by atoms with van der Waals surface area (Å²) in [5.74, 6) is -0.677. The molecular formula is C26H32N4O3. The highest BCUT2D eigenvalue weighted by Crippen LogP contribution is 2.39. The summed E-state index contributed by atoms with van der Waals surface area (Å²) in [5.41, 5.74) is 2.86. The molecule has 0 radical (unpaired) electrons. The molecule has 0 saturated heterocycles. The number of hydrogen-bond donors (Lipinski definition) is 1. The molecule has 0 bridgehead atoms. The van der Waals surface area contributed by atoms with Crippen molar-refractivity contribution in [2.45, 2.75) is 70.2 Å². The number of nitriles is 1. The summed E-state index contributed by atoms with van der Waals surface area (Å²) in [6.07, 6.45) is 5.47. The first-order valence-corrected chi connectivity index (χ1v) is 12.1. The van der Waals surface area contributed by atoms with Gasteiger partial charge in [0.25, 0.3) is 0 Å². The fraction of sp³-hybridized carbons (Fsp3) is 0.577. The first kappa shape index (κ1) is 22.0. The van der Waals surface area contributed by atoms with E-state index in [1.165, 1.54) is 11.3 Å². The molecule has 1 aromatic heterocycles. The van der Waals surface area contributed by atoms with Crippen molar-refractivity contribution in [2.24, 2.45) is 11.8 Å². The number of nitrogens with one attached hydrogen (secondary N) is 1. The molecule has 2 heterocycles. The zero-order valence-corrected chi connectivity index (χ0v) is 19.5. The largest absolute Gasteiger partial charge is 0.362 e. The number of rotatable bonds is 5. The standard InChI is InChI=1S/C26H32N4O3/c1-17(33-2)30-22-10-6-5-7-18(22)21-15-29(14-11-23(21)30)25(32)20-9-4-3-8-19(20)24(31)28-26(16-27)12-13-26/h5-7,10,17,19-20H,3-4,8-9,11-15H2,1-2H3,(H,28,31)/t17?,19-,20-/m1/s1. The van der Waals surface area contributed by atoms with Gasteiger partial charge >= 0.3 is 0 Å². The van der Waals surface area contributed by atoms with Crippen molar-refractivity contribution in [3.05, 3.63) is 35.5 Å². The first-order chi connectivity index (χ1) is 16.0. The Kier molecular flexibility index (Phi) is 5.65. The molecule has 2 amide bonds. The summed E-state index contributed by atoms with van der Waals surface area (Å²) in [6, 6.07) is 10.5. The quantitative estimate of drug-likeness (QED) is 0.756. The second-order valence-electron chi connectivity index (χ2n) is 9.84. The predicted molar refractivity (Wildman–Crippen MR) is 124 cm³/mol. The Balaban J connectivity index is 1.39. The van der Waals surface area contributed by atoms with Crippen LogP contribution in [0.15, 0.2) is 24.3 Å². The van der Waals surface area contributed by atoms with Gasteiger partial charge in [0.05, 0.1) is 11.6 Å². The molecule has 1 N–H and O–H groups in total. The van der Waals surface area contributed by atoms with Gasteiger partial charge in [0, 0.05) is 55.1 Å². The maximum absolute atomic E-state index is 13.7. The average molecular weight is 449 g/mol. The van der Waals surface area contributed by atoms with E-state index in [4.69, 9.17) is 4.74 Å². The highest BCUT2D eigenvalue weighted by molar-refractivity contribution is 5.90. The molecule has 2 aliphatic carbocycles. The maximum Gasteiger partial charge on any atom is 0.226 e. The Bertz CT molecular complexity index is 1130. The number of fused-ring (bicyclic) bond motifs is 3. The van der Waals surface area contributed by atoms with E-state index in [9.17, 15) is 14.9 Å². The van der Waals surface area contributed by atoms with E-state index < -0.39 is 5.54 Å². The van der Waals surface area contributed by atoms with Crippen molar-refractivity contribution in [3.63, 3.8) is 0 Å². The van der Waals surface area contributed by atoms with Gasteiger partial charge in [-0.15, -0.1) is 0 Å². The van der Waals surface area contributed by atoms with Crippen LogP contribution in [0.2, 0.25) is 0 Å². The van der Waals surface area contributed by atoms with Crippen LogP contribution in [0, 0.1) is 23.2 Å². The third-order valence-electron chi connectivity index (χ3n) is 7.86. The number of methoxy groups -OCH3 is 1. The molecule has 0 spiro atoms. The van der Waals surface area contributed by atoms with Crippen LogP contribution in [0.1, 0.15) is 62.9 Å². The fourth-order valence-electron chi connectivity index (χ4n) is 5.75. The number of carbonyl (C=O) groups is 2. The molecule has 2 aromatic rings. The molecule has 2 saturated carbocycles. The van der Waals surface area contributed by atoms with Crippen LogP contribution in [0.25, 0.3) is 10.9 Å². The van der Waals surface area contributed by atoms with Gasteiger partial charge in [-0.3, -0.25) is 9.59 Å². The Morgan fingerprint density at radius 2 is 1.94 bits per heavy atom. The predicted octanol–water partition coefficient (Wildman–Crippen LogP) is 3.67. The SMILES string of the molecule is COC(C)n1c2c(c3ccccc31)CN(C(=O)[C@@H]1CCCC[C@H]1C(=O)NC1(C#N)CC1)CC2. The van der Waals surface area contributed by atoms with Gasteiger partial charge in [0.15, 0.2) is 0 Å². The highest BCUT2D eigenvalue weighted by Gasteiger charge is 2.47. The lowest BCUT2D eigenvalue weighted by Crippen LogP contribution is -2.48. The number of carbonyl (C=O) groups excluding carboxylic acids is 2. The van der Waals surface area contributed by atoms with Crippen LogP contribution in [0.4, 0.5) is 0 Å². The molecule has 1 aliphatic heterocycles. The maximum atomic E-state index is 13.7. The molecule has 5 rings (SSSR count). The van der Waals surface area contributed by atoms with Crippen molar-refractivity contribution in [1.82, 2.24) is 14.8 Å². The number of aromatic nitrogens is 1. The van der Waals surface area contributed by atoms with Gasteiger partial charge in [0.2, 0.25) is 11.8 Å². The molecule has 3 aliphatic rings. The monoisotopic (exact) mass is 448 g/mol. The van der Waals surface area contributed by atoms with E-state index in [0.717, 1.165) is 36.6 Å². The molecule has 3 atom stereocenters. The van der Waals surface area contributed by atoms with Gasteiger partial charge in [-0.05, 0) is 38.7 Å². The molecule has 33 heavy (non-hydrogen) atoms. The minimum atomic E-state index is -0.692. The van der Waals surface area contributed by atoms with Gasteiger partial charge in [-0.1, -0.05) is 31.0 Å². The molecule has 1 unspecified atom stereocenters. The number of hydrogen-bond acceptors (Lipinski definition) is 4. The van der Waals surface area contributed by atoms with Crippen molar-refractivity contribution in [3.8, 4) is 6.07 Å². The van der Waals surface area contributed by atoms with E-state index in [-0.39, 0.29) is 29.9 Å². The van der Waals surface area contributed by atoms with Gasteiger partial charge < -0.3 is 19.5 Å². The Morgan fingerprint density at radius 3 is 2.64 bits per heavy atom. The number of ether oxygens (including phenoxy) is 1. The molecule has 1 aromatic carbocycles. The zero-order valence-electron chi connectivity index (χ0n) is 19.5. The molecular weight excluding hydrogens is 416 g/mol. The van der Waals surface area contributed by atoms with Crippen molar-refractivity contribution in [1.29, 1.82) is 5.26 Å². The zero-order chi connectivity index (χ0) is 23.2. The summed E-state index contributed by atoms with van der Waals surface area (Å²) < 4.78 is 7.90. The normalized spacial score (nSPS) is 24.6. The fourth-order valence-corrected chi connectivity index (χ4v) is 5.75. The Labute approximate surface area is 194 Å². The summed E-state index contributed by atoms with van der Waals surface area (Å²) in [5, 5.41) is 13.5. The van der Waals surface area contributed by atoms with Crippen molar-refractivity contribution < 1.29 is 14.3 Å². The van der Waals surface area contributed by atoms with Crippen LogP contribution in [0.5, 0.6) is 0 Å². The highest BCUT2D eigenvalue weighted by atomic mass is 16.5. The second-order valence-corrected chi connectivity index (χ2v) is 9.84. The third-order valence-corrected chi connectivity index (χ3v) is 7.86. The number of benzene rings is 1. The average Bonchev–Trinajstić information content (AvgIpc) is 3.56. The lowest BCUT2D eigenvalue weighted by atomic mass is 9.77. The molecule has 2 fully saturated rings. The summed E-state index contributed by atoms with van der Waals surface area (Å²) in [4.78, 5) is 28.7. The van der Waals surface area contributed by atoms with E-state index in [1.807, 2.05) is 24.0 Å². The van der Waals surface area contributed by atoms with Crippen LogP contribution in [0.3, 0.4) is 0 Å². The van der Waals surface area contributed by atoms with E-state index in [1.54, 1.807) is 7.11 Å². The topological polar surface area (TPSA) is 87.4 Å². The van der Waals surface area contributed by atoms with E-state index in [0.29, 0.717) is 32.4 Å². The molecule has 7 nitrogen and oxygen atoms in total. The third kappa shape index (κ3) is 3.80. The van der Waals surface area contributed by atoms with Gasteiger partial charge in [-0.2, -0.15) is 5.26 Å². The van der Waals surface area contributed by atoms with E-state index >= 15 is 0 Å². The van der Waals surface area contributed by atoms with Gasteiger partial charge in [-0.25, -0.2) is 0 Å². The van der Waals surface area contributed by atoms with Crippen LogP contribution in [-0.2, 0) is 27.3 Å². The lowest BCUT2D eigenvalue weighted by Gasteiger charge is -2.36.